The summed E-state index contributed by atoms with van der Waals surface area (Å²) in [5.41, 5.74) is 5.32. The highest BCUT2D eigenvalue weighted by molar-refractivity contribution is 6.31. The van der Waals surface area contributed by atoms with Crippen molar-refractivity contribution in [2.24, 2.45) is 17.6 Å². The molecule has 2 aromatic carbocycles. The minimum absolute atomic E-state index is 0.0751. The largest absolute Gasteiger partial charge is 0.370 e. The van der Waals surface area contributed by atoms with Crippen LogP contribution in [-0.2, 0) is 31.3 Å². The molecular formula is C22H18ClFN4O4. The predicted octanol–water partition coefficient (Wildman–Crippen LogP) is 1.28. The molecule has 4 N–H and O–H groups in total. The highest BCUT2D eigenvalue weighted by Gasteiger charge is 2.70. The molecule has 8 nitrogen and oxygen atoms in total. The number of imide groups is 1. The molecule has 0 unspecified atom stereocenters. The number of anilines is 1. The zero-order valence-corrected chi connectivity index (χ0v) is 17.4. The number of likely N-dealkylation sites (tertiary alicyclic amines) is 1. The number of hydrogen-bond acceptors (Lipinski definition) is 5. The van der Waals surface area contributed by atoms with Crippen molar-refractivity contribution in [2.75, 3.05) is 5.32 Å². The summed E-state index contributed by atoms with van der Waals surface area (Å²) in [4.78, 5) is 53.0. The van der Waals surface area contributed by atoms with Gasteiger partial charge >= 0.3 is 0 Å². The van der Waals surface area contributed by atoms with Gasteiger partial charge in [-0.2, -0.15) is 0 Å². The van der Waals surface area contributed by atoms with Gasteiger partial charge in [-0.3, -0.25) is 29.4 Å². The maximum absolute atomic E-state index is 13.6. The van der Waals surface area contributed by atoms with Crippen molar-refractivity contribution >= 4 is 40.9 Å². The molecule has 3 aliphatic heterocycles. The Balaban J connectivity index is 1.60. The zero-order chi connectivity index (χ0) is 22.8. The van der Waals surface area contributed by atoms with E-state index < -0.39 is 52.9 Å². The van der Waals surface area contributed by atoms with E-state index >= 15 is 0 Å². The summed E-state index contributed by atoms with van der Waals surface area (Å²) in [7, 11) is 0. The third kappa shape index (κ3) is 2.85. The lowest BCUT2D eigenvalue weighted by Gasteiger charge is -2.29. The highest BCUT2D eigenvalue weighted by atomic mass is 35.5. The molecule has 1 spiro atoms. The van der Waals surface area contributed by atoms with Crippen LogP contribution in [0.5, 0.6) is 0 Å². The SMILES string of the molecule is NC(=O)C[C@@H]1N[C@@]2(C(=O)Nc3ccc(Cl)cc32)[C@@H]2C(=O)N(Cc3ccc(F)cc3)C(=O)[C@H]12. The van der Waals surface area contributed by atoms with Crippen molar-refractivity contribution in [3.8, 4) is 0 Å². The van der Waals surface area contributed by atoms with Crippen LogP contribution in [0.15, 0.2) is 42.5 Å². The van der Waals surface area contributed by atoms with Crippen LogP contribution in [-0.4, -0.2) is 34.6 Å². The van der Waals surface area contributed by atoms with E-state index in [4.69, 9.17) is 17.3 Å². The number of primary amides is 1. The van der Waals surface area contributed by atoms with Crippen molar-refractivity contribution < 1.29 is 23.6 Å². The molecule has 4 amide bonds. The van der Waals surface area contributed by atoms with Gasteiger partial charge in [0.1, 0.15) is 11.4 Å². The summed E-state index contributed by atoms with van der Waals surface area (Å²) in [6, 6.07) is 9.43. The second kappa shape index (κ2) is 7.11. The molecule has 2 fully saturated rings. The smallest absolute Gasteiger partial charge is 0.250 e. The van der Waals surface area contributed by atoms with Gasteiger partial charge in [0.15, 0.2) is 0 Å². The third-order valence-corrected chi connectivity index (χ3v) is 6.68. The fourth-order valence-electron chi connectivity index (χ4n) is 5.15. The quantitative estimate of drug-likeness (QED) is 0.598. The van der Waals surface area contributed by atoms with Gasteiger partial charge < -0.3 is 11.1 Å². The maximum atomic E-state index is 13.6. The average Bonchev–Trinajstić information content (AvgIpc) is 3.30. The van der Waals surface area contributed by atoms with Gasteiger partial charge in [0.2, 0.25) is 23.6 Å². The zero-order valence-electron chi connectivity index (χ0n) is 16.6. The normalized spacial score (nSPS) is 28.2. The van der Waals surface area contributed by atoms with E-state index in [1.807, 2.05) is 0 Å². The Morgan fingerprint density at radius 1 is 1.12 bits per heavy atom. The van der Waals surface area contributed by atoms with Crippen molar-refractivity contribution in [1.29, 1.82) is 0 Å². The lowest BCUT2D eigenvalue weighted by atomic mass is 9.76. The predicted molar refractivity (Wildman–Crippen MR) is 111 cm³/mol. The van der Waals surface area contributed by atoms with Crippen LogP contribution in [0.2, 0.25) is 5.02 Å². The molecule has 4 atom stereocenters. The molecule has 164 valence electrons. The molecule has 3 heterocycles. The van der Waals surface area contributed by atoms with Gasteiger partial charge in [-0.1, -0.05) is 23.7 Å². The van der Waals surface area contributed by atoms with E-state index in [0.717, 1.165) is 4.90 Å². The second-order valence-corrected chi connectivity index (χ2v) is 8.70. The first-order valence-corrected chi connectivity index (χ1v) is 10.4. The molecule has 5 rings (SSSR count). The number of amides is 4. The molecule has 32 heavy (non-hydrogen) atoms. The van der Waals surface area contributed by atoms with Crippen LogP contribution in [0.25, 0.3) is 0 Å². The maximum Gasteiger partial charge on any atom is 0.250 e. The number of hydrogen-bond donors (Lipinski definition) is 3. The van der Waals surface area contributed by atoms with Crippen molar-refractivity contribution in [1.82, 2.24) is 10.2 Å². The van der Waals surface area contributed by atoms with E-state index in [2.05, 4.69) is 10.6 Å². The minimum atomic E-state index is -1.56. The van der Waals surface area contributed by atoms with Gasteiger partial charge in [0.05, 0.1) is 18.4 Å². The number of nitrogens with two attached hydrogens (primary N) is 1. The monoisotopic (exact) mass is 456 g/mol. The number of carbonyl (C=O) groups excluding carboxylic acids is 4. The molecule has 0 aliphatic carbocycles. The average molecular weight is 457 g/mol. The molecule has 0 saturated carbocycles. The lowest BCUT2D eigenvalue weighted by Crippen LogP contribution is -2.53. The van der Waals surface area contributed by atoms with Gasteiger partial charge in [0, 0.05) is 28.7 Å². The molecule has 2 saturated heterocycles. The molecular weight excluding hydrogens is 439 g/mol. The van der Waals surface area contributed by atoms with Crippen LogP contribution in [0, 0.1) is 17.7 Å². The first kappa shape index (κ1) is 20.6. The van der Waals surface area contributed by atoms with Gasteiger partial charge in [-0.05, 0) is 35.9 Å². The summed E-state index contributed by atoms with van der Waals surface area (Å²) < 4.78 is 13.3. The summed E-state index contributed by atoms with van der Waals surface area (Å²) in [5.74, 6) is -4.71. The molecule has 2 aromatic rings. The Hall–Kier alpha value is -3.30. The van der Waals surface area contributed by atoms with E-state index in [9.17, 15) is 23.6 Å². The molecule has 10 heteroatoms. The molecule has 0 radical (unpaired) electrons. The van der Waals surface area contributed by atoms with Crippen molar-refractivity contribution in [2.45, 2.75) is 24.5 Å². The Bertz CT molecular complexity index is 1190. The third-order valence-electron chi connectivity index (χ3n) is 6.44. The standard InChI is InChI=1S/C22H18ClFN4O4/c23-11-3-6-14-13(7-11)22(21(32)26-14)18-17(15(27-22)8-16(25)29)19(30)28(20(18)31)9-10-1-4-12(24)5-2-10/h1-7,15,17-18,27H,8-9H2,(H2,25,29)(H,26,32)/t15-,17+,18-,22+/m0/s1. The number of carbonyl (C=O) groups is 4. The number of halogens is 2. The number of rotatable bonds is 4. The molecule has 3 aliphatic rings. The van der Waals surface area contributed by atoms with Gasteiger partial charge in [-0.15, -0.1) is 0 Å². The Morgan fingerprint density at radius 3 is 2.53 bits per heavy atom. The van der Waals surface area contributed by atoms with E-state index in [0.29, 0.717) is 21.8 Å². The minimum Gasteiger partial charge on any atom is -0.370 e. The van der Waals surface area contributed by atoms with E-state index in [1.165, 1.54) is 24.3 Å². The van der Waals surface area contributed by atoms with E-state index in [1.54, 1.807) is 18.2 Å². The lowest BCUT2D eigenvalue weighted by molar-refractivity contribution is -0.143. The van der Waals surface area contributed by atoms with E-state index in [-0.39, 0.29) is 13.0 Å². The van der Waals surface area contributed by atoms with Gasteiger partial charge in [-0.25, -0.2) is 4.39 Å². The first-order chi connectivity index (χ1) is 15.2. The van der Waals surface area contributed by atoms with Crippen LogP contribution < -0.4 is 16.4 Å². The fourth-order valence-corrected chi connectivity index (χ4v) is 5.33. The van der Waals surface area contributed by atoms with Crippen molar-refractivity contribution in [3.05, 3.63) is 64.4 Å². The van der Waals surface area contributed by atoms with Crippen molar-refractivity contribution in [3.63, 3.8) is 0 Å². The fraction of sp³-hybridized carbons (Fsp3) is 0.273. The number of benzene rings is 2. The van der Waals surface area contributed by atoms with Crippen LogP contribution >= 0.6 is 11.6 Å². The Kier molecular flexibility index (Phi) is 4.58. The highest BCUT2D eigenvalue weighted by Crippen LogP contribution is 2.53. The van der Waals surface area contributed by atoms with Gasteiger partial charge in [0.25, 0.3) is 0 Å². The summed E-state index contributed by atoms with van der Waals surface area (Å²) in [6.07, 6.45) is -0.227. The number of nitrogens with one attached hydrogen (secondary N) is 2. The number of fused-ring (bicyclic) bond motifs is 4. The van der Waals surface area contributed by atoms with Crippen LogP contribution in [0.1, 0.15) is 17.5 Å². The summed E-state index contributed by atoms with van der Waals surface area (Å²) in [5, 5.41) is 6.20. The topological polar surface area (TPSA) is 122 Å². The first-order valence-electron chi connectivity index (χ1n) is 9.99. The Morgan fingerprint density at radius 2 is 1.84 bits per heavy atom. The number of nitrogens with zero attached hydrogens (tertiary/aromatic N) is 1. The van der Waals surface area contributed by atoms with Crippen LogP contribution in [0.4, 0.5) is 10.1 Å². The molecule has 0 aromatic heterocycles. The molecule has 0 bridgehead atoms. The summed E-state index contributed by atoms with van der Waals surface area (Å²) in [6.45, 7) is -0.0751. The Labute approximate surface area is 186 Å². The van der Waals surface area contributed by atoms with Crippen LogP contribution in [0.3, 0.4) is 0 Å². The second-order valence-electron chi connectivity index (χ2n) is 8.27. The summed E-state index contributed by atoms with van der Waals surface area (Å²) >= 11 is 6.18.